The van der Waals surface area contributed by atoms with Crippen LogP contribution in [0.2, 0.25) is 0 Å². The maximum Gasteiger partial charge on any atom is 0.0777 e. The maximum absolute atomic E-state index is 5.64. The molecule has 16 heavy (non-hydrogen) atoms. The number of ether oxygens (including phenoxy) is 1. The van der Waals surface area contributed by atoms with Gasteiger partial charge in [-0.15, -0.1) is 0 Å². The van der Waals surface area contributed by atoms with Crippen LogP contribution in [0, 0.1) is 11.8 Å². The van der Waals surface area contributed by atoms with Gasteiger partial charge in [0.15, 0.2) is 0 Å². The molecule has 0 aliphatic carbocycles. The Hall–Kier alpha value is -0.120. The molecule has 94 valence electrons. The van der Waals surface area contributed by atoms with Crippen molar-refractivity contribution >= 4 is 0 Å². The summed E-state index contributed by atoms with van der Waals surface area (Å²) in [5.41, 5.74) is 0.0931. The highest BCUT2D eigenvalue weighted by Gasteiger charge is 2.32. The fourth-order valence-corrected chi connectivity index (χ4v) is 2.90. The van der Waals surface area contributed by atoms with Crippen LogP contribution in [-0.4, -0.2) is 50.3 Å². The van der Waals surface area contributed by atoms with Gasteiger partial charge in [-0.25, -0.2) is 0 Å². The zero-order chi connectivity index (χ0) is 11.6. The zero-order valence-corrected chi connectivity index (χ0v) is 11.0. The Morgan fingerprint density at radius 2 is 2.25 bits per heavy atom. The topological polar surface area (TPSA) is 24.5 Å². The molecule has 0 amide bonds. The second-order valence-electron chi connectivity index (χ2n) is 5.89. The van der Waals surface area contributed by atoms with Crippen LogP contribution in [-0.2, 0) is 4.74 Å². The molecule has 0 aromatic heterocycles. The van der Waals surface area contributed by atoms with Gasteiger partial charge in [-0.3, -0.25) is 0 Å². The summed E-state index contributed by atoms with van der Waals surface area (Å²) in [5.74, 6) is 1.72. The van der Waals surface area contributed by atoms with Crippen molar-refractivity contribution in [2.24, 2.45) is 11.8 Å². The highest BCUT2D eigenvalue weighted by molar-refractivity contribution is 4.87. The van der Waals surface area contributed by atoms with E-state index in [1.165, 1.54) is 39.0 Å². The van der Waals surface area contributed by atoms with E-state index in [2.05, 4.69) is 24.1 Å². The summed E-state index contributed by atoms with van der Waals surface area (Å²) < 4.78 is 5.64. The smallest absolute Gasteiger partial charge is 0.0777 e. The quantitative estimate of drug-likeness (QED) is 0.783. The van der Waals surface area contributed by atoms with Crippen LogP contribution < -0.4 is 5.32 Å². The zero-order valence-electron chi connectivity index (χ0n) is 11.0. The van der Waals surface area contributed by atoms with E-state index in [1.54, 1.807) is 0 Å². The molecule has 2 heterocycles. The molecular formula is C13H26N2O. The Balaban J connectivity index is 1.80. The lowest BCUT2D eigenvalue weighted by molar-refractivity contribution is -0.0554. The first kappa shape index (κ1) is 12.3. The molecule has 2 unspecified atom stereocenters. The van der Waals surface area contributed by atoms with Crippen molar-refractivity contribution in [1.29, 1.82) is 0 Å². The first-order valence-electron chi connectivity index (χ1n) is 6.61. The van der Waals surface area contributed by atoms with Crippen LogP contribution in [0.4, 0.5) is 0 Å². The van der Waals surface area contributed by atoms with Crippen LogP contribution in [0.3, 0.4) is 0 Å². The van der Waals surface area contributed by atoms with E-state index in [-0.39, 0.29) is 5.60 Å². The summed E-state index contributed by atoms with van der Waals surface area (Å²) in [4.78, 5) is 2.59. The van der Waals surface area contributed by atoms with Crippen molar-refractivity contribution in [2.45, 2.75) is 32.3 Å². The van der Waals surface area contributed by atoms with Crippen LogP contribution >= 0.6 is 0 Å². The van der Waals surface area contributed by atoms with Gasteiger partial charge < -0.3 is 15.0 Å². The van der Waals surface area contributed by atoms with Gasteiger partial charge in [0.2, 0.25) is 0 Å². The summed E-state index contributed by atoms with van der Waals surface area (Å²) in [5, 5.41) is 3.36. The van der Waals surface area contributed by atoms with Crippen molar-refractivity contribution in [3.05, 3.63) is 0 Å². The molecule has 3 heteroatoms. The number of rotatable bonds is 4. The molecule has 2 aliphatic rings. The molecular weight excluding hydrogens is 200 g/mol. The number of piperidine rings is 1. The van der Waals surface area contributed by atoms with E-state index in [1.807, 2.05) is 7.11 Å². The predicted octanol–water partition coefficient (Wildman–Crippen LogP) is 1.34. The Bertz CT molecular complexity index is 230. The van der Waals surface area contributed by atoms with Crippen molar-refractivity contribution in [3.63, 3.8) is 0 Å². The number of methoxy groups -OCH3 is 1. The average Bonchev–Trinajstić information content (AvgIpc) is 2.15. The minimum atomic E-state index is 0.0931. The van der Waals surface area contributed by atoms with Crippen molar-refractivity contribution in [2.75, 3.05) is 39.8 Å². The van der Waals surface area contributed by atoms with Crippen molar-refractivity contribution in [3.8, 4) is 0 Å². The highest BCUT2D eigenvalue weighted by atomic mass is 16.5. The van der Waals surface area contributed by atoms with E-state index in [0.29, 0.717) is 0 Å². The summed E-state index contributed by atoms with van der Waals surface area (Å²) in [6.07, 6.45) is 2.49. The minimum Gasteiger partial charge on any atom is -0.377 e. The molecule has 0 saturated carbocycles. The van der Waals surface area contributed by atoms with E-state index < -0.39 is 0 Å². The van der Waals surface area contributed by atoms with Crippen LogP contribution in [0.1, 0.15) is 26.7 Å². The SMILES string of the molecule is COC1(C)CCCN(CC(C)C2CNC2)C1. The number of likely N-dealkylation sites (tertiary alicyclic amines) is 1. The molecule has 2 rings (SSSR count). The number of hydrogen-bond donors (Lipinski definition) is 1. The van der Waals surface area contributed by atoms with Crippen LogP contribution in [0.25, 0.3) is 0 Å². The van der Waals surface area contributed by atoms with E-state index in [4.69, 9.17) is 4.74 Å². The molecule has 0 radical (unpaired) electrons. The van der Waals surface area contributed by atoms with E-state index >= 15 is 0 Å². The maximum atomic E-state index is 5.64. The fraction of sp³-hybridized carbons (Fsp3) is 1.00. The third kappa shape index (κ3) is 2.76. The van der Waals surface area contributed by atoms with Crippen molar-refractivity contribution < 1.29 is 4.74 Å². The van der Waals surface area contributed by atoms with Gasteiger partial charge in [-0.1, -0.05) is 6.92 Å². The first-order chi connectivity index (χ1) is 7.63. The molecule has 0 aromatic rings. The molecule has 2 atom stereocenters. The molecule has 2 saturated heterocycles. The summed E-state index contributed by atoms with van der Waals surface area (Å²) in [6.45, 7) is 10.7. The molecule has 2 fully saturated rings. The second-order valence-corrected chi connectivity index (χ2v) is 5.89. The summed E-state index contributed by atoms with van der Waals surface area (Å²) in [6, 6.07) is 0. The molecule has 0 spiro atoms. The summed E-state index contributed by atoms with van der Waals surface area (Å²) >= 11 is 0. The van der Waals surface area contributed by atoms with E-state index in [9.17, 15) is 0 Å². The van der Waals surface area contributed by atoms with Gasteiger partial charge in [0.05, 0.1) is 5.60 Å². The lowest BCUT2D eigenvalue weighted by Crippen LogP contribution is -2.52. The third-order valence-corrected chi connectivity index (χ3v) is 4.39. The summed E-state index contributed by atoms with van der Waals surface area (Å²) in [7, 11) is 1.85. The Labute approximate surface area is 99.5 Å². The lowest BCUT2D eigenvalue weighted by atomic mass is 9.87. The van der Waals surface area contributed by atoms with Gasteiger partial charge in [-0.2, -0.15) is 0 Å². The third-order valence-electron chi connectivity index (χ3n) is 4.39. The van der Waals surface area contributed by atoms with Gasteiger partial charge in [-0.05, 0) is 51.2 Å². The number of hydrogen-bond acceptors (Lipinski definition) is 3. The van der Waals surface area contributed by atoms with Crippen molar-refractivity contribution in [1.82, 2.24) is 10.2 Å². The lowest BCUT2D eigenvalue weighted by Gasteiger charge is -2.42. The predicted molar refractivity (Wildman–Crippen MR) is 66.6 cm³/mol. The average molecular weight is 226 g/mol. The second kappa shape index (κ2) is 5.03. The molecule has 0 aromatic carbocycles. The van der Waals surface area contributed by atoms with E-state index in [0.717, 1.165) is 18.4 Å². The fourth-order valence-electron chi connectivity index (χ4n) is 2.90. The largest absolute Gasteiger partial charge is 0.377 e. The Morgan fingerprint density at radius 3 is 2.81 bits per heavy atom. The van der Waals surface area contributed by atoms with Crippen LogP contribution in [0.5, 0.6) is 0 Å². The standard InChI is InChI=1S/C13H26N2O/c1-11(12-7-14-8-12)9-15-6-4-5-13(2,10-15)16-3/h11-12,14H,4-10H2,1-3H3. The van der Waals surface area contributed by atoms with Gasteiger partial charge in [0.1, 0.15) is 0 Å². The normalized spacial score (nSPS) is 34.7. The molecule has 3 nitrogen and oxygen atoms in total. The highest BCUT2D eigenvalue weighted by Crippen LogP contribution is 2.26. The van der Waals surface area contributed by atoms with Gasteiger partial charge in [0, 0.05) is 20.2 Å². The minimum absolute atomic E-state index is 0.0931. The number of nitrogens with zero attached hydrogens (tertiary/aromatic N) is 1. The Kier molecular flexibility index (Phi) is 3.88. The molecule has 1 N–H and O–H groups in total. The first-order valence-corrected chi connectivity index (χ1v) is 6.61. The molecule has 2 aliphatic heterocycles. The molecule has 0 bridgehead atoms. The number of nitrogens with one attached hydrogen (secondary N) is 1. The Morgan fingerprint density at radius 1 is 1.50 bits per heavy atom. The van der Waals surface area contributed by atoms with Gasteiger partial charge in [0.25, 0.3) is 0 Å². The van der Waals surface area contributed by atoms with Gasteiger partial charge >= 0.3 is 0 Å². The monoisotopic (exact) mass is 226 g/mol. The van der Waals surface area contributed by atoms with Crippen LogP contribution in [0.15, 0.2) is 0 Å².